The van der Waals surface area contributed by atoms with Crippen molar-refractivity contribution in [1.29, 1.82) is 0 Å². The minimum Gasteiger partial charge on any atom is -1.00 e. The van der Waals surface area contributed by atoms with Crippen LogP contribution in [0.5, 0.6) is 0 Å². The van der Waals surface area contributed by atoms with E-state index in [0.29, 0.717) is 0 Å². The molecule has 0 aliphatic heterocycles. The Morgan fingerprint density at radius 2 is 0.375 bits per heavy atom. The zero-order valence-corrected chi connectivity index (χ0v) is 13.0. The second-order valence-corrected chi connectivity index (χ2v) is 0. The number of hydrogen-bond donors (Lipinski definition) is 0. The number of hydrogen-bond acceptors (Lipinski definition) is 0. The average Bonchev–Trinajstić information content (AvgIpc) is 0. The third-order valence-corrected chi connectivity index (χ3v) is 0. The Kier molecular flexibility index (Phi) is 1010. The number of halogens is 6. The van der Waals surface area contributed by atoms with E-state index in [1.807, 2.05) is 0 Å². The number of rotatable bonds is 0. The van der Waals surface area contributed by atoms with Crippen LogP contribution in [0.1, 0.15) is 0 Å². The summed E-state index contributed by atoms with van der Waals surface area (Å²) in [4.78, 5) is 0. The molecule has 52 valence electrons. The first kappa shape index (κ1) is 104. The van der Waals surface area contributed by atoms with Crippen LogP contribution in [0.4, 0.5) is 0 Å². The molecule has 0 saturated heterocycles. The van der Waals surface area contributed by atoms with E-state index in [1.165, 1.54) is 0 Å². The van der Waals surface area contributed by atoms with Gasteiger partial charge in [0, 0.05) is 0 Å². The molecule has 0 N–H and O–H groups in total. The van der Waals surface area contributed by atoms with E-state index < -0.39 is 0 Å². The Morgan fingerprint density at radius 3 is 0.375 bits per heavy atom. The summed E-state index contributed by atoms with van der Waals surface area (Å²) < 4.78 is 0. The molecule has 0 saturated carbocycles. The van der Waals surface area contributed by atoms with Gasteiger partial charge in [-0.05, 0) is 0 Å². The summed E-state index contributed by atoms with van der Waals surface area (Å²) in [5, 5.41) is 0. The van der Waals surface area contributed by atoms with Crippen LogP contribution >= 0.6 is 0 Å². The van der Waals surface area contributed by atoms with E-state index in [2.05, 4.69) is 0 Å². The van der Waals surface area contributed by atoms with Gasteiger partial charge in [-0.25, -0.2) is 0 Å². The minimum atomic E-state index is 0. The quantitative estimate of drug-likeness (QED) is 0.346. The van der Waals surface area contributed by atoms with Crippen LogP contribution in [-0.4, -0.2) is 0 Å². The van der Waals surface area contributed by atoms with Crippen molar-refractivity contribution in [3.63, 3.8) is 0 Å². The smallest absolute Gasteiger partial charge is 1.00 e. The van der Waals surface area contributed by atoms with Crippen LogP contribution < -0.4 is 88.2 Å². The first-order chi connectivity index (χ1) is 0. The van der Waals surface area contributed by atoms with E-state index >= 15 is 0 Å². The maximum Gasteiger partial charge on any atom is 3.00 e. The molecule has 0 aromatic heterocycles. The molecule has 8 heteroatoms. The Bertz CT molecular complexity index is 12.5. The molecular formula is Br3Cl3V2. The summed E-state index contributed by atoms with van der Waals surface area (Å²) in [6.45, 7) is 0. The second-order valence-electron chi connectivity index (χ2n) is 0. The minimum absolute atomic E-state index is 0. The fourth-order valence-electron chi connectivity index (χ4n) is 0. The summed E-state index contributed by atoms with van der Waals surface area (Å²) in [5.74, 6) is 0. The molecule has 0 aromatic rings. The largest absolute Gasteiger partial charge is 3.00 e. The van der Waals surface area contributed by atoms with Crippen LogP contribution in [0.2, 0.25) is 0 Å². The first-order valence-electron chi connectivity index (χ1n) is 0. The summed E-state index contributed by atoms with van der Waals surface area (Å²) >= 11 is 0. The Morgan fingerprint density at radius 1 is 0.375 bits per heavy atom. The monoisotopic (exact) mass is 444 g/mol. The van der Waals surface area contributed by atoms with Gasteiger partial charge in [-0.15, -0.1) is 0 Å². The third-order valence-electron chi connectivity index (χ3n) is 0. The van der Waals surface area contributed by atoms with Gasteiger partial charge < -0.3 is 88.2 Å². The molecule has 0 spiro atoms. The van der Waals surface area contributed by atoms with Crippen LogP contribution in [0.25, 0.3) is 0 Å². The molecule has 0 aliphatic rings. The normalized spacial score (nSPS) is 0. The van der Waals surface area contributed by atoms with Crippen molar-refractivity contribution in [2.24, 2.45) is 0 Å². The Balaban J connectivity index is 0. The molecule has 0 aromatic carbocycles. The SMILES string of the molecule is [Br-].[Br-].[Br-].[Cl-].[Cl-].[Cl-].[V+3].[V+3]. The fraction of sp³-hybridized carbons (Fsp3) is 0. The summed E-state index contributed by atoms with van der Waals surface area (Å²) in [7, 11) is 0. The predicted octanol–water partition coefficient (Wildman–Crippen LogP) is -18.0. The van der Waals surface area contributed by atoms with Gasteiger partial charge in [0.15, 0.2) is 0 Å². The van der Waals surface area contributed by atoms with Crippen molar-refractivity contribution in [2.45, 2.75) is 0 Å². The predicted molar refractivity (Wildman–Crippen MR) is 0 cm³/mol. The molecular weight excluding hydrogens is 448 g/mol. The third kappa shape index (κ3) is 56.3. The van der Waals surface area contributed by atoms with Crippen molar-refractivity contribution in [1.82, 2.24) is 0 Å². The summed E-state index contributed by atoms with van der Waals surface area (Å²) in [6, 6.07) is 0. The van der Waals surface area contributed by atoms with Crippen molar-refractivity contribution < 1.29 is 125 Å². The van der Waals surface area contributed by atoms with E-state index in [1.54, 1.807) is 0 Å². The van der Waals surface area contributed by atoms with Crippen molar-refractivity contribution in [3.8, 4) is 0 Å². The van der Waals surface area contributed by atoms with Gasteiger partial charge >= 0.3 is 37.1 Å². The molecule has 0 atom stereocenters. The fourth-order valence-corrected chi connectivity index (χ4v) is 0. The molecule has 0 unspecified atom stereocenters. The molecule has 0 radical (unpaired) electrons. The summed E-state index contributed by atoms with van der Waals surface area (Å²) in [5.41, 5.74) is 0. The van der Waals surface area contributed by atoms with Gasteiger partial charge in [-0.3, -0.25) is 0 Å². The maximum atomic E-state index is 0. The van der Waals surface area contributed by atoms with Crippen molar-refractivity contribution in [3.05, 3.63) is 0 Å². The van der Waals surface area contributed by atoms with Crippen molar-refractivity contribution in [2.75, 3.05) is 0 Å². The van der Waals surface area contributed by atoms with Gasteiger partial charge in [0.25, 0.3) is 0 Å². The standard InChI is InChI=1S/3BrH.3ClH.2V/h6*1H;;/q;;;;;;2*+3/p-6. The molecule has 0 bridgehead atoms. The van der Waals surface area contributed by atoms with Gasteiger partial charge in [0.05, 0.1) is 0 Å². The van der Waals surface area contributed by atoms with E-state index in [4.69, 9.17) is 0 Å². The molecule has 0 rings (SSSR count). The molecule has 0 aliphatic carbocycles. The van der Waals surface area contributed by atoms with Crippen LogP contribution in [0.15, 0.2) is 0 Å². The molecule has 0 amide bonds. The van der Waals surface area contributed by atoms with Gasteiger partial charge in [0.1, 0.15) is 0 Å². The molecule has 8 heavy (non-hydrogen) atoms. The van der Waals surface area contributed by atoms with Crippen LogP contribution in [-0.2, 0) is 37.1 Å². The second kappa shape index (κ2) is 77.8. The Hall–Kier alpha value is 3.48. The van der Waals surface area contributed by atoms with Crippen LogP contribution in [0, 0.1) is 0 Å². The summed E-state index contributed by atoms with van der Waals surface area (Å²) in [6.07, 6.45) is 0. The maximum absolute atomic E-state index is 0. The molecule has 0 fully saturated rings. The Labute approximate surface area is 123 Å². The van der Waals surface area contributed by atoms with Gasteiger partial charge in [0.2, 0.25) is 0 Å². The molecule has 0 heterocycles. The van der Waals surface area contributed by atoms with E-state index in [9.17, 15) is 0 Å². The zero-order valence-electron chi connectivity index (χ0n) is 3.16. The first-order valence-corrected chi connectivity index (χ1v) is 0. The topological polar surface area (TPSA) is 0 Å². The molecule has 0 nitrogen and oxygen atoms in total. The zero-order chi connectivity index (χ0) is 0. The van der Waals surface area contributed by atoms with Gasteiger partial charge in [-0.2, -0.15) is 0 Å². The van der Waals surface area contributed by atoms with Crippen molar-refractivity contribution >= 4 is 0 Å². The van der Waals surface area contributed by atoms with Crippen LogP contribution in [0.3, 0.4) is 0 Å². The average molecular weight is 448 g/mol. The van der Waals surface area contributed by atoms with Gasteiger partial charge in [-0.1, -0.05) is 0 Å². The van der Waals surface area contributed by atoms with E-state index in [0.717, 1.165) is 0 Å². The van der Waals surface area contributed by atoms with E-state index in [-0.39, 0.29) is 125 Å².